The lowest BCUT2D eigenvalue weighted by Crippen LogP contribution is -2.11. The lowest BCUT2D eigenvalue weighted by atomic mass is 10.1. The quantitative estimate of drug-likeness (QED) is 0.811. The van der Waals surface area contributed by atoms with Crippen molar-refractivity contribution >= 4 is 22.9 Å². The number of thiophene rings is 1. The zero-order valence-electron chi connectivity index (χ0n) is 9.72. The van der Waals surface area contributed by atoms with Gasteiger partial charge in [0.05, 0.1) is 22.6 Å². The molecule has 0 bridgehead atoms. The smallest absolute Gasteiger partial charge is 0.186 e. The van der Waals surface area contributed by atoms with Gasteiger partial charge in [-0.3, -0.25) is 9.59 Å². The number of carbonyl (C=O) groups is 2. The Hall–Kier alpha value is -1.72. The van der Waals surface area contributed by atoms with Crippen LogP contribution in [0.2, 0.25) is 0 Å². The SMILES string of the molecule is NCC(=O)c1ccc(C(=O)CCc2ccco2)s1. The van der Waals surface area contributed by atoms with Gasteiger partial charge in [-0.2, -0.15) is 0 Å². The lowest BCUT2D eigenvalue weighted by Gasteiger charge is -1.95. The van der Waals surface area contributed by atoms with Crippen LogP contribution in [0.5, 0.6) is 0 Å². The van der Waals surface area contributed by atoms with E-state index in [0.717, 1.165) is 5.76 Å². The molecular formula is C13H13NO3S. The Labute approximate surface area is 108 Å². The summed E-state index contributed by atoms with van der Waals surface area (Å²) < 4.78 is 5.16. The van der Waals surface area contributed by atoms with Crippen molar-refractivity contribution in [2.75, 3.05) is 6.54 Å². The van der Waals surface area contributed by atoms with Crippen molar-refractivity contribution < 1.29 is 14.0 Å². The highest BCUT2D eigenvalue weighted by Crippen LogP contribution is 2.19. The van der Waals surface area contributed by atoms with Gasteiger partial charge in [-0.1, -0.05) is 0 Å². The molecule has 0 saturated heterocycles. The molecule has 4 nitrogen and oxygen atoms in total. The molecule has 0 aliphatic rings. The van der Waals surface area contributed by atoms with Gasteiger partial charge in [0.1, 0.15) is 5.76 Å². The van der Waals surface area contributed by atoms with Crippen LogP contribution in [0.1, 0.15) is 31.5 Å². The van der Waals surface area contributed by atoms with E-state index in [1.54, 1.807) is 24.5 Å². The minimum absolute atomic E-state index is 0.0208. The van der Waals surface area contributed by atoms with E-state index in [4.69, 9.17) is 10.2 Å². The molecule has 2 aromatic heterocycles. The molecule has 0 aliphatic heterocycles. The molecule has 0 fully saturated rings. The van der Waals surface area contributed by atoms with Gasteiger partial charge in [-0.05, 0) is 24.3 Å². The van der Waals surface area contributed by atoms with Crippen molar-refractivity contribution in [3.8, 4) is 0 Å². The maximum Gasteiger partial charge on any atom is 0.186 e. The lowest BCUT2D eigenvalue weighted by molar-refractivity contribution is 0.0983. The molecule has 0 atom stereocenters. The Kier molecular flexibility index (Phi) is 4.07. The number of hydrogen-bond donors (Lipinski definition) is 1. The van der Waals surface area contributed by atoms with Gasteiger partial charge in [0.25, 0.3) is 0 Å². The van der Waals surface area contributed by atoms with Crippen LogP contribution >= 0.6 is 11.3 Å². The highest BCUT2D eigenvalue weighted by Gasteiger charge is 2.13. The largest absolute Gasteiger partial charge is 0.469 e. The Morgan fingerprint density at radius 2 is 1.89 bits per heavy atom. The minimum atomic E-state index is -0.134. The molecule has 2 heterocycles. The van der Waals surface area contributed by atoms with E-state index in [0.29, 0.717) is 22.6 Å². The summed E-state index contributed by atoms with van der Waals surface area (Å²) in [5.74, 6) is 0.677. The van der Waals surface area contributed by atoms with Crippen LogP contribution < -0.4 is 5.73 Å². The number of aryl methyl sites for hydroxylation is 1. The maximum atomic E-state index is 11.9. The Balaban J connectivity index is 1.96. The maximum absolute atomic E-state index is 11.9. The van der Waals surface area contributed by atoms with Crippen LogP contribution in [0.4, 0.5) is 0 Å². The fourth-order valence-electron chi connectivity index (χ4n) is 1.55. The third-order valence-corrected chi connectivity index (χ3v) is 3.69. The number of nitrogens with two attached hydrogens (primary N) is 1. The summed E-state index contributed by atoms with van der Waals surface area (Å²) in [5.41, 5.74) is 5.27. The zero-order valence-corrected chi connectivity index (χ0v) is 10.5. The molecule has 18 heavy (non-hydrogen) atoms. The van der Waals surface area contributed by atoms with E-state index in [1.165, 1.54) is 11.3 Å². The molecule has 0 saturated carbocycles. The number of Topliss-reactive ketones (excluding diaryl/α,β-unsaturated/α-hetero) is 2. The van der Waals surface area contributed by atoms with Gasteiger partial charge in [0.2, 0.25) is 0 Å². The number of ketones is 2. The number of furan rings is 1. The van der Waals surface area contributed by atoms with Crippen LogP contribution in [0.3, 0.4) is 0 Å². The highest BCUT2D eigenvalue weighted by atomic mass is 32.1. The topological polar surface area (TPSA) is 73.3 Å². The van der Waals surface area contributed by atoms with Crippen LogP contribution in [0, 0.1) is 0 Å². The fourth-order valence-corrected chi connectivity index (χ4v) is 2.48. The molecule has 0 aliphatic carbocycles. The molecule has 2 rings (SSSR count). The molecule has 0 amide bonds. The van der Waals surface area contributed by atoms with E-state index in [9.17, 15) is 9.59 Å². The summed E-state index contributed by atoms with van der Waals surface area (Å²) in [7, 11) is 0. The number of carbonyl (C=O) groups excluding carboxylic acids is 2. The summed E-state index contributed by atoms with van der Waals surface area (Å²) in [5, 5.41) is 0. The molecule has 2 aromatic rings. The molecule has 94 valence electrons. The Morgan fingerprint density at radius 1 is 1.17 bits per heavy atom. The van der Waals surface area contributed by atoms with Crippen molar-refractivity contribution in [3.63, 3.8) is 0 Å². The van der Waals surface area contributed by atoms with Crippen molar-refractivity contribution in [3.05, 3.63) is 46.0 Å². The van der Waals surface area contributed by atoms with E-state index in [-0.39, 0.29) is 18.1 Å². The van der Waals surface area contributed by atoms with Gasteiger partial charge in [0.15, 0.2) is 11.6 Å². The molecule has 0 radical (unpaired) electrons. The molecule has 0 aromatic carbocycles. The standard InChI is InChI=1S/C13H13NO3S/c14-8-11(16)13-6-5-12(18-13)10(15)4-3-9-2-1-7-17-9/h1-2,5-7H,3-4,8,14H2. The average Bonchev–Trinajstić information content (AvgIpc) is 3.05. The van der Waals surface area contributed by atoms with E-state index in [1.807, 2.05) is 6.07 Å². The number of hydrogen-bond acceptors (Lipinski definition) is 5. The van der Waals surface area contributed by atoms with Crippen molar-refractivity contribution in [2.24, 2.45) is 5.73 Å². The van der Waals surface area contributed by atoms with E-state index < -0.39 is 0 Å². The third-order valence-electron chi connectivity index (χ3n) is 2.52. The van der Waals surface area contributed by atoms with E-state index >= 15 is 0 Å². The normalized spacial score (nSPS) is 10.5. The van der Waals surface area contributed by atoms with Crippen LogP contribution in [-0.4, -0.2) is 18.1 Å². The minimum Gasteiger partial charge on any atom is -0.469 e. The second-order valence-electron chi connectivity index (χ2n) is 3.79. The highest BCUT2D eigenvalue weighted by molar-refractivity contribution is 7.16. The summed E-state index contributed by atoms with van der Waals surface area (Å²) in [6.07, 6.45) is 2.54. The number of rotatable bonds is 6. The Bertz CT molecular complexity index is 542. The van der Waals surface area contributed by atoms with Gasteiger partial charge in [0, 0.05) is 12.8 Å². The zero-order chi connectivity index (χ0) is 13.0. The Morgan fingerprint density at radius 3 is 2.50 bits per heavy atom. The summed E-state index contributed by atoms with van der Waals surface area (Å²) >= 11 is 1.20. The molecular weight excluding hydrogens is 250 g/mol. The summed E-state index contributed by atoms with van der Waals surface area (Å²) in [6, 6.07) is 6.96. The summed E-state index contributed by atoms with van der Waals surface area (Å²) in [4.78, 5) is 24.4. The predicted molar refractivity (Wildman–Crippen MR) is 69.1 cm³/mol. The molecule has 2 N–H and O–H groups in total. The summed E-state index contributed by atoms with van der Waals surface area (Å²) in [6.45, 7) is -0.0272. The first-order valence-electron chi connectivity index (χ1n) is 5.59. The average molecular weight is 263 g/mol. The molecule has 5 heteroatoms. The van der Waals surface area contributed by atoms with Crippen molar-refractivity contribution in [2.45, 2.75) is 12.8 Å². The monoisotopic (exact) mass is 263 g/mol. The fraction of sp³-hybridized carbons (Fsp3) is 0.231. The predicted octanol–water partition coefficient (Wildman–Crippen LogP) is 2.30. The van der Waals surface area contributed by atoms with Crippen molar-refractivity contribution in [1.82, 2.24) is 0 Å². The van der Waals surface area contributed by atoms with Crippen LogP contribution in [0.15, 0.2) is 34.9 Å². The second-order valence-corrected chi connectivity index (χ2v) is 4.88. The first kappa shape index (κ1) is 12.7. The second kappa shape index (κ2) is 5.75. The van der Waals surface area contributed by atoms with Gasteiger partial charge < -0.3 is 10.2 Å². The van der Waals surface area contributed by atoms with Gasteiger partial charge in [-0.15, -0.1) is 11.3 Å². The van der Waals surface area contributed by atoms with Crippen LogP contribution in [0.25, 0.3) is 0 Å². The van der Waals surface area contributed by atoms with Gasteiger partial charge >= 0.3 is 0 Å². The third kappa shape index (κ3) is 2.94. The van der Waals surface area contributed by atoms with Crippen LogP contribution in [-0.2, 0) is 6.42 Å². The first-order valence-corrected chi connectivity index (χ1v) is 6.41. The first-order chi connectivity index (χ1) is 8.70. The van der Waals surface area contributed by atoms with E-state index in [2.05, 4.69) is 0 Å². The van der Waals surface area contributed by atoms with Crippen molar-refractivity contribution in [1.29, 1.82) is 0 Å². The molecule has 0 spiro atoms. The van der Waals surface area contributed by atoms with Gasteiger partial charge in [-0.25, -0.2) is 0 Å². The molecule has 0 unspecified atom stereocenters.